The fourth-order valence-electron chi connectivity index (χ4n) is 1.92. The number of rotatable bonds is 1. The van der Waals surface area contributed by atoms with Crippen LogP contribution in [0.15, 0.2) is 18.2 Å². The van der Waals surface area contributed by atoms with Crippen molar-refractivity contribution >= 4 is 17.5 Å². The van der Waals surface area contributed by atoms with Crippen molar-refractivity contribution in [1.82, 2.24) is 4.90 Å². The van der Waals surface area contributed by atoms with Gasteiger partial charge in [0.05, 0.1) is 6.10 Å². The third-order valence-corrected chi connectivity index (χ3v) is 3.12. The first-order valence-electron chi connectivity index (χ1n) is 5.31. The maximum absolute atomic E-state index is 12.1. The normalized spacial score (nSPS) is 20.2. The predicted octanol–water partition coefficient (Wildman–Crippen LogP) is 1.86. The number of aliphatic hydroxyl groups excluding tert-OH is 1. The highest BCUT2D eigenvalue weighted by atomic mass is 35.5. The minimum Gasteiger partial charge on any atom is -0.391 e. The average Bonchev–Trinajstić information content (AvgIpc) is 2.67. The van der Waals surface area contributed by atoms with Gasteiger partial charge in [-0.25, -0.2) is 0 Å². The Bertz CT molecular complexity index is 419. The molecule has 1 saturated heterocycles. The van der Waals surface area contributed by atoms with Gasteiger partial charge in [0.1, 0.15) is 0 Å². The summed E-state index contributed by atoms with van der Waals surface area (Å²) < 4.78 is 0. The van der Waals surface area contributed by atoms with Crippen molar-refractivity contribution in [2.45, 2.75) is 19.4 Å². The Balaban J connectivity index is 2.23. The van der Waals surface area contributed by atoms with E-state index in [1.165, 1.54) is 0 Å². The Morgan fingerprint density at radius 2 is 2.31 bits per heavy atom. The van der Waals surface area contributed by atoms with Crippen molar-refractivity contribution in [1.29, 1.82) is 0 Å². The third kappa shape index (κ3) is 2.20. The number of hydrogen-bond acceptors (Lipinski definition) is 2. The smallest absolute Gasteiger partial charge is 0.254 e. The van der Waals surface area contributed by atoms with Gasteiger partial charge in [-0.1, -0.05) is 17.7 Å². The fourth-order valence-corrected chi connectivity index (χ4v) is 2.09. The van der Waals surface area contributed by atoms with Crippen LogP contribution in [-0.2, 0) is 0 Å². The number of nitrogens with zero attached hydrogens (tertiary/aromatic N) is 1. The molecule has 2 rings (SSSR count). The van der Waals surface area contributed by atoms with Crippen LogP contribution in [0, 0.1) is 6.92 Å². The van der Waals surface area contributed by atoms with Gasteiger partial charge in [-0.2, -0.15) is 0 Å². The van der Waals surface area contributed by atoms with Crippen LogP contribution in [0.4, 0.5) is 0 Å². The van der Waals surface area contributed by atoms with E-state index in [0.29, 0.717) is 30.1 Å². The van der Waals surface area contributed by atoms with Crippen molar-refractivity contribution in [3.63, 3.8) is 0 Å². The van der Waals surface area contributed by atoms with E-state index in [4.69, 9.17) is 11.6 Å². The number of hydrogen-bond donors (Lipinski definition) is 1. The molecule has 1 atom stereocenters. The molecular weight excluding hydrogens is 226 g/mol. The Hall–Kier alpha value is -1.06. The van der Waals surface area contributed by atoms with E-state index in [1.54, 1.807) is 17.0 Å². The highest BCUT2D eigenvalue weighted by Gasteiger charge is 2.26. The molecule has 1 amide bonds. The molecule has 1 fully saturated rings. The zero-order valence-corrected chi connectivity index (χ0v) is 9.87. The molecular formula is C12H14ClNO2. The molecule has 16 heavy (non-hydrogen) atoms. The van der Waals surface area contributed by atoms with Crippen LogP contribution in [0.1, 0.15) is 22.3 Å². The van der Waals surface area contributed by atoms with Gasteiger partial charge in [0.25, 0.3) is 5.91 Å². The monoisotopic (exact) mass is 239 g/mol. The van der Waals surface area contributed by atoms with E-state index in [1.807, 2.05) is 13.0 Å². The van der Waals surface area contributed by atoms with Crippen LogP contribution in [0.5, 0.6) is 0 Å². The second-order valence-electron chi connectivity index (χ2n) is 4.15. The summed E-state index contributed by atoms with van der Waals surface area (Å²) >= 11 is 5.88. The maximum Gasteiger partial charge on any atom is 0.254 e. The largest absolute Gasteiger partial charge is 0.391 e. The van der Waals surface area contributed by atoms with E-state index < -0.39 is 0 Å². The van der Waals surface area contributed by atoms with E-state index in [0.717, 1.165) is 5.56 Å². The zero-order chi connectivity index (χ0) is 11.7. The zero-order valence-electron chi connectivity index (χ0n) is 9.11. The first kappa shape index (κ1) is 11.4. The lowest BCUT2D eigenvalue weighted by Crippen LogP contribution is -2.30. The predicted molar refractivity (Wildman–Crippen MR) is 62.7 cm³/mol. The quantitative estimate of drug-likeness (QED) is 0.813. The second-order valence-corrected chi connectivity index (χ2v) is 4.59. The first-order chi connectivity index (χ1) is 7.58. The molecule has 0 aliphatic carbocycles. The van der Waals surface area contributed by atoms with E-state index in [9.17, 15) is 9.90 Å². The van der Waals surface area contributed by atoms with E-state index >= 15 is 0 Å². The molecule has 4 heteroatoms. The Morgan fingerprint density at radius 3 is 2.94 bits per heavy atom. The number of aryl methyl sites for hydroxylation is 1. The lowest BCUT2D eigenvalue weighted by molar-refractivity contribution is 0.0764. The first-order valence-corrected chi connectivity index (χ1v) is 5.69. The van der Waals surface area contributed by atoms with Crippen LogP contribution in [0.3, 0.4) is 0 Å². The average molecular weight is 240 g/mol. The van der Waals surface area contributed by atoms with Crippen molar-refractivity contribution in [3.05, 3.63) is 34.3 Å². The van der Waals surface area contributed by atoms with Crippen molar-refractivity contribution in [3.8, 4) is 0 Å². The van der Waals surface area contributed by atoms with E-state index in [2.05, 4.69) is 0 Å². The van der Waals surface area contributed by atoms with Crippen LogP contribution in [-0.4, -0.2) is 35.1 Å². The molecule has 0 saturated carbocycles. The Morgan fingerprint density at radius 1 is 1.56 bits per heavy atom. The van der Waals surface area contributed by atoms with Crippen LogP contribution < -0.4 is 0 Å². The van der Waals surface area contributed by atoms with Crippen molar-refractivity contribution < 1.29 is 9.90 Å². The summed E-state index contributed by atoms with van der Waals surface area (Å²) in [4.78, 5) is 13.8. The van der Waals surface area contributed by atoms with Gasteiger partial charge < -0.3 is 10.0 Å². The number of β-amino-alcohol motifs (C(OH)–C–C–N with tert-alkyl or cyclic N) is 1. The third-order valence-electron chi connectivity index (χ3n) is 2.88. The molecule has 1 aliphatic heterocycles. The molecule has 1 aromatic rings. The molecule has 0 spiro atoms. The number of aliphatic hydroxyl groups is 1. The number of carbonyl (C=O) groups is 1. The molecule has 1 unspecified atom stereocenters. The molecule has 0 aromatic heterocycles. The summed E-state index contributed by atoms with van der Waals surface area (Å²) in [5, 5.41) is 9.96. The standard InChI is InChI=1S/C12H14ClNO2/c1-8-2-3-9(13)6-11(8)12(16)14-5-4-10(15)7-14/h2-3,6,10,15H,4-5,7H2,1H3. The summed E-state index contributed by atoms with van der Waals surface area (Å²) in [5.74, 6) is -0.0449. The Labute approximate surface area is 99.6 Å². The highest BCUT2D eigenvalue weighted by Crippen LogP contribution is 2.19. The topological polar surface area (TPSA) is 40.5 Å². The molecule has 0 radical (unpaired) electrons. The molecule has 1 heterocycles. The van der Waals surface area contributed by atoms with E-state index in [-0.39, 0.29) is 12.0 Å². The van der Waals surface area contributed by atoms with Gasteiger partial charge in [0, 0.05) is 23.7 Å². The molecule has 3 nitrogen and oxygen atoms in total. The molecule has 1 aliphatic rings. The minimum atomic E-state index is -0.386. The summed E-state index contributed by atoms with van der Waals surface area (Å²) in [6.45, 7) is 2.92. The van der Waals surface area contributed by atoms with Crippen molar-refractivity contribution in [2.24, 2.45) is 0 Å². The van der Waals surface area contributed by atoms with Gasteiger partial charge in [0.15, 0.2) is 0 Å². The number of benzene rings is 1. The van der Waals surface area contributed by atoms with Crippen LogP contribution in [0.2, 0.25) is 5.02 Å². The van der Waals surface area contributed by atoms with Crippen LogP contribution in [0.25, 0.3) is 0 Å². The Kier molecular flexibility index (Phi) is 3.17. The highest BCUT2D eigenvalue weighted by molar-refractivity contribution is 6.31. The van der Waals surface area contributed by atoms with Gasteiger partial charge in [-0.05, 0) is 31.0 Å². The van der Waals surface area contributed by atoms with Gasteiger partial charge in [-0.3, -0.25) is 4.79 Å². The molecule has 0 bridgehead atoms. The second kappa shape index (κ2) is 4.44. The molecule has 1 N–H and O–H groups in total. The summed E-state index contributed by atoms with van der Waals surface area (Å²) in [6.07, 6.45) is 0.272. The number of carbonyl (C=O) groups excluding carboxylic acids is 1. The summed E-state index contributed by atoms with van der Waals surface area (Å²) in [5.41, 5.74) is 1.54. The van der Waals surface area contributed by atoms with Crippen molar-refractivity contribution in [2.75, 3.05) is 13.1 Å². The van der Waals surface area contributed by atoms with Gasteiger partial charge >= 0.3 is 0 Å². The SMILES string of the molecule is Cc1ccc(Cl)cc1C(=O)N1CCC(O)C1. The number of likely N-dealkylation sites (tertiary alicyclic amines) is 1. The lowest BCUT2D eigenvalue weighted by Gasteiger charge is -2.17. The fraction of sp³-hybridized carbons (Fsp3) is 0.417. The van der Waals surface area contributed by atoms with Crippen LogP contribution >= 0.6 is 11.6 Å². The maximum atomic E-state index is 12.1. The minimum absolute atomic E-state index is 0.0449. The molecule has 86 valence electrons. The summed E-state index contributed by atoms with van der Waals surface area (Å²) in [7, 11) is 0. The number of amides is 1. The van der Waals surface area contributed by atoms with Gasteiger partial charge in [-0.15, -0.1) is 0 Å². The molecule has 1 aromatic carbocycles. The number of halogens is 1. The van der Waals surface area contributed by atoms with Gasteiger partial charge in [0.2, 0.25) is 0 Å². The summed E-state index contributed by atoms with van der Waals surface area (Å²) in [6, 6.07) is 5.29. The lowest BCUT2D eigenvalue weighted by atomic mass is 10.1.